The summed E-state index contributed by atoms with van der Waals surface area (Å²) in [6.45, 7) is 1.74. The van der Waals surface area contributed by atoms with Gasteiger partial charge in [-0.25, -0.2) is 0 Å². The Balaban J connectivity index is 1.52. The second-order valence-corrected chi connectivity index (χ2v) is 12.4. The van der Waals surface area contributed by atoms with E-state index in [1.807, 2.05) is 18.2 Å². The number of likely N-dealkylation sites (N-methyl/N-ethyl adjacent to an activating group) is 2. The SMILES string of the molecule is COc1cc2c3cc1Oc1c(O)c(OC)cc4c1[C@@H](Cc1ccc(OC)c(c1)-c1cc(ccc1O)C[C@H]3N(C)CC2)N(C)CC4. The molecule has 0 fully saturated rings. The fourth-order valence-corrected chi connectivity index (χ4v) is 7.37. The zero-order valence-electron chi connectivity index (χ0n) is 26.5. The van der Waals surface area contributed by atoms with Gasteiger partial charge >= 0.3 is 0 Å². The first-order valence-electron chi connectivity index (χ1n) is 15.5. The monoisotopic (exact) mass is 608 g/mol. The molecule has 4 aromatic carbocycles. The molecule has 0 saturated carbocycles. The highest BCUT2D eigenvalue weighted by atomic mass is 16.5. The summed E-state index contributed by atoms with van der Waals surface area (Å²) in [7, 11) is 9.14. The van der Waals surface area contributed by atoms with E-state index in [9.17, 15) is 10.2 Å². The lowest BCUT2D eigenvalue weighted by Gasteiger charge is -2.37. The van der Waals surface area contributed by atoms with E-state index in [0.717, 1.165) is 71.3 Å². The smallest absolute Gasteiger partial charge is 0.201 e. The first-order valence-corrected chi connectivity index (χ1v) is 15.5. The van der Waals surface area contributed by atoms with Gasteiger partial charge in [0, 0.05) is 41.9 Å². The number of methoxy groups -OCH3 is 3. The minimum atomic E-state index is -0.0999. The molecule has 2 N–H and O–H groups in total. The summed E-state index contributed by atoms with van der Waals surface area (Å²) in [5.41, 5.74) is 8.16. The fraction of sp³-hybridized carbons (Fsp3) is 0.351. The van der Waals surface area contributed by atoms with Crippen LogP contribution in [0.15, 0.2) is 54.6 Å². The molecule has 234 valence electrons. The van der Waals surface area contributed by atoms with E-state index in [0.29, 0.717) is 35.2 Å². The maximum absolute atomic E-state index is 11.6. The molecule has 8 nitrogen and oxygen atoms in total. The van der Waals surface area contributed by atoms with Crippen LogP contribution in [0.4, 0.5) is 0 Å². The Labute approximate surface area is 264 Å². The van der Waals surface area contributed by atoms with Crippen LogP contribution in [-0.2, 0) is 25.7 Å². The van der Waals surface area contributed by atoms with Gasteiger partial charge in [-0.15, -0.1) is 0 Å². The van der Waals surface area contributed by atoms with E-state index in [2.05, 4.69) is 54.2 Å². The van der Waals surface area contributed by atoms with Gasteiger partial charge in [-0.3, -0.25) is 9.80 Å². The van der Waals surface area contributed by atoms with Crippen molar-refractivity contribution >= 4 is 0 Å². The maximum atomic E-state index is 11.6. The molecule has 45 heavy (non-hydrogen) atoms. The van der Waals surface area contributed by atoms with E-state index in [-0.39, 0.29) is 23.6 Å². The van der Waals surface area contributed by atoms with Gasteiger partial charge in [-0.1, -0.05) is 12.1 Å². The predicted octanol–water partition coefficient (Wildman–Crippen LogP) is 6.44. The van der Waals surface area contributed by atoms with Crippen LogP contribution in [0.1, 0.15) is 45.5 Å². The number of phenolic OH excluding ortho intramolecular Hbond substituents is 2. The highest BCUT2D eigenvalue weighted by Crippen LogP contribution is 2.51. The Morgan fingerprint density at radius 3 is 2.04 bits per heavy atom. The van der Waals surface area contributed by atoms with Crippen molar-refractivity contribution in [2.45, 2.75) is 37.8 Å². The largest absolute Gasteiger partial charge is 0.507 e. The van der Waals surface area contributed by atoms with Crippen molar-refractivity contribution < 1.29 is 29.2 Å². The van der Waals surface area contributed by atoms with E-state index >= 15 is 0 Å². The lowest BCUT2D eigenvalue weighted by molar-refractivity contribution is 0.220. The van der Waals surface area contributed by atoms with E-state index in [1.165, 1.54) is 5.56 Å². The Morgan fingerprint density at radius 2 is 1.31 bits per heavy atom. The van der Waals surface area contributed by atoms with E-state index in [1.54, 1.807) is 27.4 Å². The highest BCUT2D eigenvalue weighted by molar-refractivity contribution is 5.77. The van der Waals surface area contributed by atoms with Crippen LogP contribution in [0, 0.1) is 0 Å². The Bertz CT molecular complexity index is 1790. The maximum Gasteiger partial charge on any atom is 0.201 e. The van der Waals surface area contributed by atoms with Gasteiger partial charge in [0.1, 0.15) is 11.5 Å². The molecule has 2 atom stereocenters. The second kappa shape index (κ2) is 11.5. The van der Waals surface area contributed by atoms with Gasteiger partial charge in [0.2, 0.25) is 5.75 Å². The van der Waals surface area contributed by atoms with Crippen LogP contribution < -0.4 is 18.9 Å². The number of rotatable bonds is 3. The lowest BCUT2D eigenvalue weighted by atomic mass is 9.86. The average molecular weight is 609 g/mol. The van der Waals surface area contributed by atoms with Crippen LogP contribution in [0.2, 0.25) is 0 Å². The van der Waals surface area contributed by atoms with Gasteiger partial charge < -0.3 is 29.2 Å². The molecule has 0 spiro atoms. The van der Waals surface area contributed by atoms with Gasteiger partial charge in [-0.05, 0) is 110 Å². The molecule has 0 saturated heterocycles. The molecule has 0 radical (unpaired) electrons. The van der Waals surface area contributed by atoms with Gasteiger partial charge in [0.25, 0.3) is 0 Å². The van der Waals surface area contributed by atoms with Gasteiger partial charge in [-0.2, -0.15) is 0 Å². The van der Waals surface area contributed by atoms with E-state index in [4.69, 9.17) is 18.9 Å². The number of fused-ring (bicyclic) bond motifs is 6. The van der Waals surface area contributed by atoms with Crippen molar-refractivity contribution in [2.75, 3.05) is 48.5 Å². The van der Waals surface area contributed by atoms with Crippen molar-refractivity contribution in [3.8, 4) is 51.4 Å². The van der Waals surface area contributed by atoms with Gasteiger partial charge in [0.15, 0.2) is 23.0 Å². The molecular formula is C37H40N2O6. The molecule has 8 heteroatoms. The third-order valence-corrected chi connectivity index (χ3v) is 9.90. The van der Waals surface area contributed by atoms with Gasteiger partial charge in [0.05, 0.1) is 21.3 Å². The minimum absolute atomic E-state index is 0.0265. The van der Waals surface area contributed by atoms with Crippen LogP contribution in [0.3, 0.4) is 0 Å². The quantitative estimate of drug-likeness (QED) is 0.275. The molecule has 0 unspecified atom stereocenters. The first-order chi connectivity index (χ1) is 21.8. The highest BCUT2D eigenvalue weighted by Gasteiger charge is 2.34. The molecule has 4 aromatic rings. The zero-order chi connectivity index (χ0) is 31.4. The van der Waals surface area contributed by atoms with Crippen molar-refractivity contribution in [1.82, 2.24) is 9.80 Å². The van der Waals surface area contributed by atoms with Crippen LogP contribution in [0.5, 0.6) is 40.2 Å². The normalized spacial score (nSPS) is 19.3. The average Bonchev–Trinajstić information content (AvgIpc) is 3.05. The molecule has 3 aliphatic rings. The third kappa shape index (κ3) is 5.02. The van der Waals surface area contributed by atoms with Crippen molar-refractivity contribution in [3.05, 3.63) is 88.0 Å². The van der Waals surface area contributed by atoms with Crippen LogP contribution in [-0.4, -0.2) is 68.5 Å². The standard InChI is InChI=1S/C37H40N2O6/c1-38-12-10-23-18-32(43-4)33-20-25(23)28(38)16-21-6-8-30(40)26(14-21)27-15-22(7-9-31(27)42-3)17-29-35-24(11-13-39(29)2)19-34(44-5)36(41)37(35)45-33/h6-9,14-15,18-20,28-29,40-41H,10-13,16-17H2,1-5H3/t28-,29-/m1/s1. The summed E-state index contributed by atoms with van der Waals surface area (Å²) in [5.74, 6) is 2.85. The van der Waals surface area contributed by atoms with Crippen molar-refractivity contribution in [1.29, 1.82) is 0 Å². The summed E-state index contributed by atoms with van der Waals surface area (Å²) in [6.07, 6.45) is 3.06. The second-order valence-electron chi connectivity index (χ2n) is 12.4. The van der Waals surface area contributed by atoms with Crippen molar-refractivity contribution in [2.24, 2.45) is 0 Å². The Hall–Kier alpha value is -4.40. The lowest BCUT2D eigenvalue weighted by Crippen LogP contribution is -2.34. The summed E-state index contributed by atoms with van der Waals surface area (Å²) < 4.78 is 24.1. The number of phenols is 2. The number of hydrogen-bond donors (Lipinski definition) is 2. The zero-order valence-corrected chi connectivity index (χ0v) is 26.5. The molecular weight excluding hydrogens is 568 g/mol. The molecule has 0 amide bonds. The van der Waals surface area contributed by atoms with Crippen LogP contribution in [0.25, 0.3) is 11.1 Å². The van der Waals surface area contributed by atoms with E-state index < -0.39 is 0 Å². The van der Waals surface area contributed by atoms with Crippen molar-refractivity contribution in [3.63, 3.8) is 0 Å². The molecule has 7 rings (SSSR count). The first kappa shape index (κ1) is 29.3. The number of hydrogen-bond acceptors (Lipinski definition) is 8. The molecule has 6 bridgehead atoms. The Kier molecular flexibility index (Phi) is 7.50. The number of benzene rings is 4. The number of aromatic hydroxyl groups is 2. The Morgan fingerprint density at radius 1 is 0.689 bits per heavy atom. The molecule has 0 aromatic heterocycles. The summed E-state index contributed by atoms with van der Waals surface area (Å²) in [5, 5.41) is 22.8. The van der Waals surface area contributed by atoms with Crippen LogP contribution >= 0.6 is 0 Å². The minimum Gasteiger partial charge on any atom is -0.507 e. The topological polar surface area (TPSA) is 83.9 Å². The summed E-state index contributed by atoms with van der Waals surface area (Å²) >= 11 is 0. The summed E-state index contributed by atoms with van der Waals surface area (Å²) in [6, 6.07) is 18.1. The molecule has 3 heterocycles. The fourth-order valence-electron chi connectivity index (χ4n) is 7.37. The summed E-state index contributed by atoms with van der Waals surface area (Å²) in [4.78, 5) is 4.67. The molecule has 3 aliphatic heterocycles. The molecule has 0 aliphatic carbocycles. The third-order valence-electron chi connectivity index (χ3n) is 9.90. The predicted molar refractivity (Wildman–Crippen MR) is 173 cm³/mol. The number of nitrogens with zero attached hydrogens (tertiary/aromatic N) is 2. The number of ether oxygens (including phenoxy) is 4.